The Morgan fingerprint density at radius 3 is 2.54 bits per heavy atom. The first-order valence-electron chi connectivity index (χ1n) is 13.4. The van der Waals surface area contributed by atoms with Crippen molar-refractivity contribution in [3.63, 3.8) is 0 Å². The Hall–Kier alpha value is -2.83. The van der Waals surface area contributed by atoms with Crippen molar-refractivity contribution < 1.29 is 26.2 Å². The molecule has 12 heteroatoms. The summed E-state index contributed by atoms with van der Waals surface area (Å²) in [4.78, 5) is 16.5. The van der Waals surface area contributed by atoms with E-state index in [4.69, 9.17) is 16.2 Å². The van der Waals surface area contributed by atoms with Gasteiger partial charge in [-0.25, -0.2) is 8.42 Å². The Kier molecular flexibility index (Phi) is 11.5. The number of aromatic nitrogens is 1. The van der Waals surface area contributed by atoms with Gasteiger partial charge in [0.15, 0.2) is 0 Å². The fourth-order valence-corrected chi connectivity index (χ4v) is 7.10. The molecule has 41 heavy (non-hydrogen) atoms. The number of sulfonamides is 1. The molecule has 1 amide bonds. The first kappa shape index (κ1) is 32.7. The zero-order valence-electron chi connectivity index (χ0n) is 23.4. The molecule has 0 bridgehead atoms. The van der Waals surface area contributed by atoms with E-state index in [0.717, 1.165) is 28.7 Å². The van der Waals surface area contributed by atoms with Gasteiger partial charge in [0.1, 0.15) is 0 Å². The molecule has 0 saturated carbocycles. The number of nitrogens with one attached hydrogen (secondary N) is 1. The van der Waals surface area contributed by atoms with Crippen LogP contribution in [0.2, 0.25) is 5.02 Å². The highest BCUT2D eigenvalue weighted by Crippen LogP contribution is 2.33. The number of rotatable bonds is 14. The molecule has 1 atom stereocenters. The predicted molar refractivity (Wildman–Crippen MR) is 161 cm³/mol. The van der Waals surface area contributed by atoms with Crippen LogP contribution < -0.4 is 5.32 Å². The second-order valence-electron chi connectivity index (χ2n) is 9.76. The summed E-state index contributed by atoms with van der Waals surface area (Å²) < 4.78 is 60.0. The van der Waals surface area contributed by atoms with Gasteiger partial charge in [0.2, 0.25) is 15.9 Å². The van der Waals surface area contributed by atoms with Crippen molar-refractivity contribution in [1.82, 2.24) is 14.6 Å². The molecule has 1 aromatic heterocycles. The maximum atomic E-state index is 14.0. The van der Waals surface area contributed by atoms with Crippen LogP contribution in [-0.4, -0.2) is 55.4 Å². The highest BCUT2D eigenvalue weighted by atomic mass is 35.5. The molecule has 3 aromatic rings. The lowest BCUT2D eigenvalue weighted by Crippen LogP contribution is -2.35. The number of hydrogen-bond acceptors (Lipinski definition) is 6. The van der Waals surface area contributed by atoms with Crippen molar-refractivity contribution in [3.8, 4) is 11.1 Å². The number of carbonyl (C=O) groups excluding carboxylic acids is 1. The summed E-state index contributed by atoms with van der Waals surface area (Å²) in [6, 6.07) is 14.0. The van der Waals surface area contributed by atoms with Gasteiger partial charge >= 0.3 is 0 Å². The third-order valence-electron chi connectivity index (χ3n) is 6.92. The lowest BCUT2D eigenvalue weighted by Gasteiger charge is -2.30. The van der Waals surface area contributed by atoms with Crippen LogP contribution >= 0.6 is 11.6 Å². The third-order valence-corrected chi connectivity index (χ3v) is 10.2. The largest absolute Gasteiger partial charge is 0.355 e. The molecule has 0 radical (unpaired) electrons. The van der Waals surface area contributed by atoms with E-state index in [1.165, 1.54) is 4.31 Å². The van der Waals surface area contributed by atoms with E-state index in [1.807, 2.05) is 43.5 Å². The van der Waals surface area contributed by atoms with Crippen molar-refractivity contribution in [2.45, 2.75) is 57.4 Å². The number of amides is 1. The molecule has 1 heterocycles. The Balaban J connectivity index is 1.86. The fraction of sp³-hybridized carbons (Fsp3) is 0.379. The highest BCUT2D eigenvalue weighted by molar-refractivity contribution is 7.89. The third kappa shape index (κ3) is 8.83. The van der Waals surface area contributed by atoms with Gasteiger partial charge in [0.25, 0.3) is 10.1 Å². The number of benzene rings is 2. The van der Waals surface area contributed by atoms with E-state index in [1.54, 1.807) is 31.3 Å². The normalized spacial score (nSPS) is 12.8. The van der Waals surface area contributed by atoms with Crippen LogP contribution in [0.3, 0.4) is 0 Å². The van der Waals surface area contributed by atoms with E-state index in [2.05, 4.69) is 17.2 Å². The van der Waals surface area contributed by atoms with E-state index in [9.17, 15) is 21.6 Å². The minimum absolute atomic E-state index is 0.0846. The molecular weight excluding hydrogens is 586 g/mol. The quantitative estimate of drug-likeness (QED) is 0.187. The van der Waals surface area contributed by atoms with Crippen LogP contribution in [0, 0.1) is 6.92 Å². The Morgan fingerprint density at radius 2 is 1.83 bits per heavy atom. The van der Waals surface area contributed by atoms with Crippen molar-refractivity contribution in [2.75, 3.05) is 18.8 Å². The zero-order valence-corrected chi connectivity index (χ0v) is 25.8. The maximum Gasteiger partial charge on any atom is 0.266 e. The molecule has 2 aromatic carbocycles. The minimum atomic E-state index is -4.17. The second-order valence-corrected chi connectivity index (χ2v) is 13.6. The Labute approximate surface area is 247 Å². The van der Waals surface area contributed by atoms with E-state index in [-0.39, 0.29) is 30.3 Å². The van der Waals surface area contributed by atoms with Gasteiger partial charge in [-0.3, -0.25) is 14.3 Å². The summed E-state index contributed by atoms with van der Waals surface area (Å²) in [6.07, 6.45) is 5.23. The monoisotopic (exact) mass is 621 g/mol. The van der Waals surface area contributed by atoms with Crippen LogP contribution in [0.1, 0.15) is 55.8 Å². The van der Waals surface area contributed by atoms with Crippen molar-refractivity contribution in [1.29, 1.82) is 0 Å². The highest BCUT2D eigenvalue weighted by Gasteiger charge is 2.31. The first-order chi connectivity index (χ1) is 19.3. The van der Waals surface area contributed by atoms with Crippen LogP contribution in [0.5, 0.6) is 0 Å². The fourth-order valence-electron chi connectivity index (χ4n) is 4.60. The summed E-state index contributed by atoms with van der Waals surface area (Å²) in [5, 5.41) is 2.80. The zero-order chi connectivity index (χ0) is 30.2. The number of unbranched alkanes of at least 4 members (excludes halogenated alkanes) is 1. The molecule has 9 nitrogen and oxygen atoms in total. The van der Waals surface area contributed by atoms with Crippen LogP contribution in [0.4, 0.5) is 0 Å². The summed E-state index contributed by atoms with van der Waals surface area (Å²) in [5.41, 5.74) is 4.37. The molecule has 222 valence electrons. The number of carbonyl (C=O) groups is 1. The lowest BCUT2D eigenvalue weighted by molar-refractivity contribution is -0.121. The molecule has 0 aliphatic heterocycles. The average Bonchev–Trinajstić information content (AvgIpc) is 2.93. The SMILES string of the molecule is CCc1cnccc1-c1cccc(C(C)N(CCCCC(=O)NCCS(=O)(=O)O)S(=O)(=O)c2cccc(Cl)c2C)c1. The minimum Gasteiger partial charge on any atom is -0.355 e. The number of aryl methyl sites for hydroxylation is 1. The topological polar surface area (TPSA) is 134 Å². The molecule has 2 N–H and O–H groups in total. The summed E-state index contributed by atoms with van der Waals surface area (Å²) >= 11 is 6.28. The molecule has 0 fully saturated rings. The van der Waals surface area contributed by atoms with E-state index < -0.39 is 31.9 Å². The summed E-state index contributed by atoms with van der Waals surface area (Å²) in [6.45, 7) is 5.52. The van der Waals surface area contributed by atoms with E-state index >= 15 is 0 Å². The van der Waals surface area contributed by atoms with E-state index in [0.29, 0.717) is 23.4 Å². The van der Waals surface area contributed by atoms with Crippen molar-refractivity contribution in [3.05, 3.63) is 82.6 Å². The molecular formula is C29H36ClN3O6S2. The first-order valence-corrected chi connectivity index (χ1v) is 16.8. The smallest absolute Gasteiger partial charge is 0.266 e. The molecule has 0 saturated heterocycles. The summed E-state index contributed by atoms with van der Waals surface area (Å²) in [5.74, 6) is -0.946. The van der Waals surface area contributed by atoms with Crippen LogP contribution in [0.25, 0.3) is 11.1 Å². The van der Waals surface area contributed by atoms with Crippen molar-refractivity contribution in [2.24, 2.45) is 0 Å². The number of hydrogen-bond donors (Lipinski definition) is 2. The van der Waals surface area contributed by atoms with Crippen LogP contribution in [-0.2, 0) is 31.4 Å². The van der Waals surface area contributed by atoms with Gasteiger partial charge in [-0.05, 0) is 85.2 Å². The molecule has 0 aliphatic carbocycles. The predicted octanol–water partition coefficient (Wildman–Crippen LogP) is 5.20. The second kappa shape index (κ2) is 14.4. The molecule has 0 aliphatic rings. The van der Waals surface area contributed by atoms with Gasteiger partial charge in [-0.15, -0.1) is 0 Å². The average molecular weight is 622 g/mol. The van der Waals surface area contributed by atoms with Gasteiger partial charge in [0.05, 0.1) is 10.6 Å². The van der Waals surface area contributed by atoms with Gasteiger partial charge in [-0.2, -0.15) is 12.7 Å². The van der Waals surface area contributed by atoms with Gasteiger partial charge in [-0.1, -0.05) is 42.8 Å². The molecule has 1 unspecified atom stereocenters. The maximum absolute atomic E-state index is 14.0. The van der Waals surface area contributed by atoms with Gasteiger partial charge < -0.3 is 5.32 Å². The number of nitrogens with zero attached hydrogens (tertiary/aromatic N) is 2. The lowest BCUT2D eigenvalue weighted by atomic mass is 9.97. The number of pyridine rings is 1. The number of halogens is 1. The Morgan fingerprint density at radius 1 is 1.10 bits per heavy atom. The molecule has 0 spiro atoms. The Bertz CT molecular complexity index is 1580. The molecule has 3 rings (SSSR count). The van der Waals surface area contributed by atoms with Crippen LogP contribution in [0.15, 0.2) is 65.8 Å². The van der Waals surface area contributed by atoms with Gasteiger partial charge in [0, 0.05) is 43.0 Å². The van der Waals surface area contributed by atoms with Crippen molar-refractivity contribution >= 4 is 37.6 Å². The standard InChI is InChI=1S/C29H36ClN3O6S2/c1-4-23-20-31-15-14-26(23)25-10-7-9-24(19-25)22(3)33(41(38,39)28-12-8-11-27(30)21(28)2)17-6-5-13-29(34)32-16-18-40(35,36)37/h7-12,14-15,19-20,22H,4-6,13,16-18H2,1-3H3,(H,32,34)(H,35,36,37). The summed E-state index contributed by atoms with van der Waals surface area (Å²) in [7, 11) is -8.15.